The molecule has 1 aliphatic heterocycles. The quantitative estimate of drug-likeness (QED) is 0.756. The summed E-state index contributed by atoms with van der Waals surface area (Å²) in [4.78, 5) is 14.1. The van der Waals surface area contributed by atoms with Gasteiger partial charge in [0.15, 0.2) is 0 Å². The van der Waals surface area contributed by atoms with Crippen molar-refractivity contribution in [1.29, 1.82) is 0 Å². The largest absolute Gasteiger partial charge is 0.395 e. The Bertz CT molecular complexity index is 238. The number of hydrogen-bond acceptors (Lipinski definition) is 3. The van der Waals surface area contributed by atoms with Crippen molar-refractivity contribution in [3.05, 3.63) is 0 Å². The lowest BCUT2D eigenvalue weighted by molar-refractivity contribution is -0.134. The van der Waals surface area contributed by atoms with Crippen molar-refractivity contribution in [1.82, 2.24) is 10.2 Å². The molecular formula is C13H26N2O2. The minimum atomic E-state index is -0.201. The summed E-state index contributed by atoms with van der Waals surface area (Å²) < 4.78 is 0. The smallest absolute Gasteiger partial charge is 0.239 e. The molecule has 100 valence electrons. The predicted molar refractivity (Wildman–Crippen MR) is 68.7 cm³/mol. The van der Waals surface area contributed by atoms with Crippen LogP contribution < -0.4 is 5.32 Å². The minimum absolute atomic E-state index is 0.00117. The summed E-state index contributed by atoms with van der Waals surface area (Å²) in [5.41, 5.74) is 0. The molecule has 2 N–H and O–H groups in total. The van der Waals surface area contributed by atoms with E-state index >= 15 is 0 Å². The third-order valence-corrected chi connectivity index (χ3v) is 3.50. The maximum Gasteiger partial charge on any atom is 0.239 e. The van der Waals surface area contributed by atoms with Crippen LogP contribution in [0.4, 0.5) is 0 Å². The van der Waals surface area contributed by atoms with Crippen LogP contribution in [0.15, 0.2) is 0 Å². The Morgan fingerprint density at radius 3 is 2.29 bits per heavy atom. The molecule has 2 atom stereocenters. The number of aliphatic hydroxyl groups is 1. The molecule has 1 fully saturated rings. The highest BCUT2D eigenvalue weighted by Gasteiger charge is 2.24. The summed E-state index contributed by atoms with van der Waals surface area (Å²) in [5.74, 6) is 0.500. The third-order valence-electron chi connectivity index (χ3n) is 3.50. The van der Waals surface area contributed by atoms with Crippen LogP contribution in [0.2, 0.25) is 0 Å². The maximum absolute atomic E-state index is 12.2. The van der Waals surface area contributed by atoms with Gasteiger partial charge in [0.05, 0.1) is 12.6 Å². The Kier molecular flexibility index (Phi) is 5.92. The predicted octanol–water partition coefficient (Wildman–Crippen LogP) is 0.994. The number of carbonyl (C=O) groups is 1. The normalized spacial score (nSPS) is 20.4. The summed E-state index contributed by atoms with van der Waals surface area (Å²) in [7, 11) is 0. The molecule has 0 aromatic heterocycles. The van der Waals surface area contributed by atoms with Crippen LogP contribution in [0.1, 0.15) is 40.0 Å². The zero-order valence-corrected chi connectivity index (χ0v) is 11.3. The molecule has 4 heteroatoms. The molecule has 0 saturated carbocycles. The molecule has 0 radical (unpaired) electrons. The van der Waals surface area contributed by atoms with Gasteiger partial charge < -0.3 is 15.3 Å². The van der Waals surface area contributed by atoms with Crippen molar-refractivity contribution < 1.29 is 9.90 Å². The number of likely N-dealkylation sites (tertiary alicyclic amines) is 1. The Labute approximate surface area is 104 Å². The van der Waals surface area contributed by atoms with E-state index in [2.05, 4.69) is 5.32 Å². The second-order valence-corrected chi connectivity index (χ2v) is 5.31. The molecule has 0 spiro atoms. The molecule has 1 saturated heterocycles. The van der Waals surface area contributed by atoms with E-state index < -0.39 is 0 Å². The molecule has 0 aliphatic carbocycles. The first-order valence-electron chi connectivity index (χ1n) is 6.72. The molecule has 0 aromatic carbocycles. The molecule has 1 amide bonds. The van der Waals surface area contributed by atoms with Gasteiger partial charge in [-0.1, -0.05) is 13.8 Å². The highest BCUT2D eigenvalue weighted by atomic mass is 16.3. The summed E-state index contributed by atoms with van der Waals surface area (Å²) in [6.07, 6.45) is 3.47. The number of aliphatic hydroxyl groups excluding tert-OH is 1. The zero-order chi connectivity index (χ0) is 12.8. The van der Waals surface area contributed by atoms with E-state index in [1.54, 1.807) is 0 Å². The molecular weight excluding hydrogens is 216 g/mol. The molecule has 0 bridgehead atoms. The summed E-state index contributed by atoms with van der Waals surface area (Å²) >= 11 is 0. The highest BCUT2D eigenvalue weighted by Crippen LogP contribution is 2.11. The van der Waals surface area contributed by atoms with E-state index in [0.717, 1.165) is 25.9 Å². The summed E-state index contributed by atoms with van der Waals surface area (Å²) in [5, 5.41) is 12.5. The van der Waals surface area contributed by atoms with Gasteiger partial charge in [-0.3, -0.25) is 4.79 Å². The van der Waals surface area contributed by atoms with Crippen LogP contribution >= 0.6 is 0 Å². The van der Waals surface area contributed by atoms with Gasteiger partial charge in [0.25, 0.3) is 0 Å². The van der Waals surface area contributed by atoms with Gasteiger partial charge in [0.1, 0.15) is 0 Å². The molecule has 1 rings (SSSR count). The molecule has 1 unspecified atom stereocenters. The third kappa shape index (κ3) is 4.28. The zero-order valence-electron chi connectivity index (χ0n) is 11.3. The lowest BCUT2D eigenvalue weighted by Crippen LogP contribution is -2.51. The minimum Gasteiger partial charge on any atom is -0.395 e. The second kappa shape index (κ2) is 6.97. The molecule has 4 nitrogen and oxygen atoms in total. The Morgan fingerprint density at radius 2 is 1.82 bits per heavy atom. The van der Waals surface area contributed by atoms with Crippen molar-refractivity contribution in [3.63, 3.8) is 0 Å². The SMILES string of the molecule is CC(N[C@H](CO)C(C)C)C(=O)N1CCCCC1. The lowest BCUT2D eigenvalue weighted by Gasteiger charge is -2.31. The van der Waals surface area contributed by atoms with E-state index in [0.29, 0.717) is 5.92 Å². The van der Waals surface area contributed by atoms with E-state index in [4.69, 9.17) is 0 Å². The van der Waals surface area contributed by atoms with Gasteiger partial charge in [-0.15, -0.1) is 0 Å². The average Bonchev–Trinajstić information content (AvgIpc) is 2.35. The van der Waals surface area contributed by atoms with Crippen molar-refractivity contribution in [3.8, 4) is 0 Å². The van der Waals surface area contributed by atoms with Crippen molar-refractivity contribution >= 4 is 5.91 Å². The number of hydrogen-bond donors (Lipinski definition) is 2. The number of nitrogens with zero attached hydrogens (tertiary/aromatic N) is 1. The number of piperidine rings is 1. The fourth-order valence-electron chi connectivity index (χ4n) is 2.24. The maximum atomic E-state index is 12.2. The van der Waals surface area contributed by atoms with Crippen LogP contribution in [0, 0.1) is 5.92 Å². The standard InChI is InChI=1S/C13H26N2O2/c1-10(2)12(9-16)14-11(3)13(17)15-7-5-4-6-8-15/h10-12,14,16H,4-9H2,1-3H3/t11?,12-/m1/s1. The van der Waals surface area contributed by atoms with Crippen molar-refractivity contribution in [2.24, 2.45) is 5.92 Å². The van der Waals surface area contributed by atoms with E-state index in [1.165, 1.54) is 6.42 Å². The lowest BCUT2D eigenvalue weighted by atomic mass is 10.0. The monoisotopic (exact) mass is 242 g/mol. The van der Waals surface area contributed by atoms with Crippen LogP contribution in [-0.2, 0) is 4.79 Å². The van der Waals surface area contributed by atoms with E-state index in [9.17, 15) is 9.90 Å². The van der Waals surface area contributed by atoms with Crippen LogP contribution in [-0.4, -0.2) is 47.7 Å². The van der Waals surface area contributed by atoms with Crippen molar-refractivity contribution in [2.75, 3.05) is 19.7 Å². The molecule has 1 aliphatic rings. The Morgan fingerprint density at radius 1 is 1.24 bits per heavy atom. The van der Waals surface area contributed by atoms with Gasteiger partial charge in [-0.05, 0) is 32.1 Å². The van der Waals surface area contributed by atoms with Crippen molar-refractivity contribution in [2.45, 2.75) is 52.1 Å². The van der Waals surface area contributed by atoms with Crippen LogP contribution in [0.25, 0.3) is 0 Å². The molecule has 0 aromatic rings. The fraction of sp³-hybridized carbons (Fsp3) is 0.923. The highest BCUT2D eigenvalue weighted by molar-refractivity contribution is 5.81. The van der Waals surface area contributed by atoms with Gasteiger partial charge >= 0.3 is 0 Å². The Balaban J connectivity index is 2.44. The van der Waals surface area contributed by atoms with Crippen LogP contribution in [0.3, 0.4) is 0 Å². The van der Waals surface area contributed by atoms with Gasteiger partial charge in [0, 0.05) is 19.1 Å². The Hall–Kier alpha value is -0.610. The van der Waals surface area contributed by atoms with Gasteiger partial charge in [-0.2, -0.15) is 0 Å². The van der Waals surface area contributed by atoms with E-state index in [-0.39, 0.29) is 24.6 Å². The first-order chi connectivity index (χ1) is 8.06. The fourth-order valence-corrected chi connectivity index (χ4v) is 2.24. The number of carbonyl (C=O) groups excluding carboxylic acids is 1. The number of amides is 1. The van der Waals surface area contributed by atoms with E-state index in [1.807, 2.05) is 25.7 Å². The topological polar surface area (TPSA) is 52.6 Å². The van der Waals surface area contributed by atoms with Gasteiger partial charge in [0.2, 0.25) is 5.91 Å². The second-order valence-electron chi connectivity index (χ2n) is 5.31. The number of nitrogens with one attached hydrogen (secondary N) is 1. The first kappa shape index (κ1) is 14.5. The molecule has 17 heavy (non-hydrogen) atoms. The average molecular weight is 242 g/mol. The van der Waals surface area contributed by atoms with Crippen LogP contribution in [0.5, 0.6) is 0 Å². The number of rotatable bonds is 5. The van der Waals surface area contributed by atoms with Gasteiger partial charge in [-0.25, -0.2) is 0 Å². The summed E-state index contributed by atoms with van der Waals surface area (Å²) in [6, 6.07) is -0.202. The molecule has 1 heterocycles. The summed E-state index contributed by atoms with van der Waals surface area (Å²) in [6.45, 7) is 7.84. The first-order valence-corrected chi connectivity index (χ1v) is 6.72.